The maximum Gasteiger partial charge on any atom is 0.260 e. The van der Waals surface area contributed by atoms with Gasteiger partial charge in [0.2, 0.25) is 11.8 Å². The van der Waals surface area contributed by atoms with Crippen LogP contribution in [0.15, 0.2) is 36.1 Å². The van der Waals surface area contributed by atoms with Crippen molar-refractivity contribution in [3.63, 3.8) is 0 Å². The minimum Gasteiger partial charge on any atom is -0.505 e. The Morgan fingerprint density at radius 1 is 1.43 bits per heavy atom. The molecule has 2 heterocycles. The Hall–Kier alpha value is -3.09. The van der Waals surface area contributed by atoms with Gasteiger partial charge >= 0.3 is 0 Å². The molecule has 7 nitrogen and oxygen atoms in total. The molecule has 7 heteroatoms. The number of rotatable bonds is 2. The van der Waals surface area contributed by atoms with E-state index in [0.717, 1.165) is 0 Å². The first-order chi connectivity index (χ1) is 10.9. The summed E-state index contributed by atoms with van der Waals surface area (Å²) in [5, 5.41) is 12.7. The van der Waals surface area contributed by atoms with Crippen molar-refractivity contribution in [1.29, 1.82) is 0 Å². The first kappa shape index (κ1) is 14.8. The predicted molar refractivity (Wildman–Crippen MR) is 82.5 cm³/mol. The normalized spacial score (nSPS) is 20.0. The SMILES string of the molecule is Cc1ccc2c(c1O)NC(=O)[C@H]1CC(/C=C/C(N)=O)=CN1C2=O. The molecule has 2 aliphatic rings. The second kappa shape index (κ2) is 5.28. The minimum absolute atomic E-state index is 0.108. The highest BCUT2D eigenvalue weighted by molar-refractivity contribution is 6.12. The van der Waals surface area contributed by atoms with Crippen molar-refractivity contribution >= 4 is 23.4 Å². The van der Waals surface area contributed by atoms with Gasteiger partial charge in [-0.2, -0.15) is 0 Å². The number of fused-ring (bicyclic) bond motifs is 2. The number of nitrogens with one attached hydrogen (secondary N) is 1. The molecular formula is C16H15N3O4. The molecule has 4 N–H and O–H groups in total. The van der Waals surface area contributed by atoms with E-state index < -0.39 is 17.9 Å². The van der Waals surface area contributed by atoms with Crippen LogP contribution in [0.2, 0.25) is 0 Å². The molecule has 3 rings (SSSR count). The van der Waals surface area contributed by atoms with E-state index in [1.165, 1.54) is 23.3 Å². The van der Waals surface area contributed by atoms with Gasteiger partial charge in [0, 0.05) is 18.7 Å². The van der Waals surface area contributed by atoms with E-state index in [9.17, 15) is 19.5 Å². The Morgan fingerprint density at radius 2 is 2.17 bits per heavy atom. The zero-order valence-electron chi connectivity index (χ0n) is 12.4. The van der Waals surface area contributed by atoms with Crippen LogP contribution < -0.4 is 11.1 Å². The predicted octanol–water partition coefficient (Wildman–Crippen LogP) is 0.793. The van der Waals surface area contributed by atoms with Crippen LogP contribution in [0.4, 0.5) is 5.69 Å². The number of amides is 3. The lowest BCUT2D eigenvalue weighted by Crippen LogP contribution is -2.38. The molecule has 0 bridgehead atoms. The molecule has 1 aromatic carbocycles. The summed E-state index contributed by atoms with van der Waals surface area (Å²) in [7, 11) is 0. The fourth-order valence-corrected chi connectivity index (χ4v) is 2.71. The molecule has 0 fully saturated rings. The minimum atomic E-state index is -0.720. The Balaban J connectivity index is 2.03. The van der Waals surface area contributed by atoms with E-state index in [1.807, 2.05) is 0 Å². The maximum absolute atomic E-state index is 12.7. The second-order valence-corrected chi connectivity index (χ2v) is 5.51. The molecule has 0 aromatic heterocycles. The van der Waals surface area contributed by atoms with Gasteiger partial charge in [-0.1, -0.05) is 12.1 Å². The van der Waals surface area contributed by atoms with Crippen molar-refractivity contribution in [3.05, 3.63) is 47.2 Å². The molecule has 23 heavy (non-hydrogen) atoms. The molecule has 0 spiro atoms. The van der Waals surface area contributed by atoms with Gasteiger partial charge in [0.1, 0.15) is 11.8 Å². The van der Waals surface area contributed by atoms with E-state index in [4.69, 9.17) is 5.73 Å². The topological polar surface area (TPSA) is 113 Å². The van der Waals surface area contributed by atoms with E-state index in [0.29, 0.717) is 11.1 Å². The number of benzene rings is 1. The van der Waals surface area contributed by atoms with Crippen LogP contribution in [0.3, 0.4) is 0 Å². The maximum atomic E-state index is 12.7. The zero-order valence-corrected chi connectivity index (χ0v) is 12.4. The van der Waals surface area contributed by atoms with Crippen LogP contribution in [0.25, 0.3) is 0 Å². The van der Waals surface area contributed by atoms with Gasteiger partial charge in [-0.05, 0) is 24.1 Å². The van der Waals surface area contributed by atoms with Gasteiger partial charge in [-0.15, -0.1) is 0 Å². The number of aromatic hydroxyl groups is 1. The summed E-state index contributed by atoms with van der Waals surface area (Å²) in [5.41, 5.74) is 6.63. The molecule has 0 unspecified atom stereocenters. The number of allylic oxidation sites excluding steroid dienone is 1. The van der Waals surface area contributed by atoms with Gasteiger partial charge in [-0.25, -0.2) is 0 Å². The molecule has 3 amide bonds. The van der Waals surface area contributed by atoms with Crippen molar-refractivity contribution in [2.45, 2.75) is 19.4 Å². The summed E-state index contributed by atoms with van der Waals surface area (Å²) in [6.07, 6.45) is 4.47. The number of phenols is 1. The summed E-state index contributed by atoms with van der Waals surface area (Å²) in [6.45, 7) is 1.69. The van der Waals surface area contributed by atoms with E-state index >= 15 is 0 Å². The number of carbonyl (C=O) groups is 3. The Bertz CT molecular complexity index is 795. The highest BCUT2D eigenvalue weighted by atomic mass is 16.3. The van der Waals surface area contributed by atoms with Crippen molar-refractivity contribution in [2.24, 2.45) is 5.73 Å². The Morgan fingerprint density at radius 3 is 2.87 bits per heavy atom. The number of hydrogen-bond acceptors (Lipinski definition) is 4. The summed E-state index contributed by atoms with van der Waals surface area (Å²) < 4.78 is 0. The van der Waals surface area contributed by atoms with Crippen molar-refractivity contribution in [1.82, 2.24) is 4.90 Å². The fourth-order valence-electron chi connectivity index (χ4n) is 2.71. The third-order valence-corrected chi connectivity index (χ3v) is 3.93. The first-order valence-corrected chi connectivity index (χ1v) is 7.03. The Labute approximate surface area is 132 Å². The number of nitrogens with two attached hydrogens (primary N) is 1. The molecular weight excluding hydrogens is 298 g/mol. The molecule has 1 aromatic rings. The van der Waals surface area contributed by atoms with Crippen LogP contribution in [0, 0.1) is 6.92 Å². The van der Waals surface area contributed by atoms with Crippen LogP contribution in [-0.4, -0.2) is 33.8 Å². The molecule has 0 saturated heterocycles. The van der Waals surface area contributed by atoms with E-state index in [1.54, 1.807) is 19.1 Å². The number of anilines is 1. The van der Waals surface area contributed by atoms with Crippen molar-refractivity contribution in [3.8, 4) is 5.75 Å². The fraction of sp³-hybridized carbons (Fsp3) is 0.188. The summed E-state index contributed by atoms with van der Waals surface area (Å²) in [5.74, 6) is -1.49. The van der Waals surface area contributed by atoms with E-state index in [-0.39, 0.29) is 29.3 Å². The van der Waals surface area contributed by atoms with Gasteiger partial charge < -0.3 is 21.1 Å². The van der Waals surface area contributed by atoms with Crippen molar-refractivity contribution < 1.29 is 19.5 Å². The first-order valence-electron chi connectivity index (χ1n) is 7.03. The molecule has 0 aliphatic carbocycles. The standard InChI is InChI=1S/C16H15N3O4/c1-8-2-4-10-13(14(8)21)18-15(22)11-6-9(3-5-12(17)20)7-19(11)16(10)23/h2-5,7,11,21H,6H2,1H3,(H2,17,20)(H,18,22)/b5-3+/t11-/m1/s1. The number of nitrogens with zero attached hydrogens (tertiary/aromatic N) is 1. The number of aryl methyl sites for hydroxylation is 1. The molecule has 0 radical (unpaired) electrons. The Kier molecular flexibility index (Phi) is 3.40. The average molecular weight is 313 g/mol. The monoisotopic (exact) mass is 313 g/mol. The van der Waals surface area contributed by atoms with Crippen LogP contribution in [0.1, 0.15) is 22.3 Å². The quantitative estimate of drug-likeness (QED) is 0.553. The lowest BCUT2D eigenvalue weighted by molar-refractivity contribution is -0.119. The lowest BCUT2D eigenvalue weighted by atomic mass is 10.1. The van der Waals surface area contributed by atoms with E-state index in [2.05, 4.69) is 5.32 Å². The second-order valence-electron chi connectivity index (χ2n) is 5.51. The van der Waals surface area contributed by atoms with Crippen molar-refractivity contribution in [2.75, 3.05) is 5.32 Å². The summed E-state index contributed by atoms with van der Waals surface area (Å²) in [6, 6.07) is 2.47. The lowest BCUT2D eigenvalue weighted by Gasteiger charge is -2.18. The smallest absolute Gasteiger partial charge is 0.260 e. The summed E-state index contributed by atoms with van der Waals surface area (Å²) in [4.78, 5) is 37.2. The van der Waals surface area contributed by atoms with Gasteiger partial charge in [0.15, 0.2) is 0 Å². The molecule has 2 aliphatic heterocycles. The highest BCUT2D eigenvalue weighted by Crippen LogP contribution is 2.37. The van der Waals surface area contributed by atoms with Gasteiger partial charge in [0.05, 0.1) is 11.3 Å². The highest BCUT2D eigenvalue weighted by Gasteiger charge is 2.39. The summed E-state index contributed by atoms with van der Waals surface area (Å²) >= 11 is 0. The number of primary amides is 1. The zero-order chi connectivity index (χ0) is 16.7. The number of phenolic OH excluding ortho intramolecular Hbond substituents is 1. The van der Waals surface area contributed by atoms with Crippen LogP contribution >= 0.6 is 0 Å². The van der Waals surface area contributed by atoms with Crippen LogP contribution in [-0.2, 0) is 9.59 Å². The third-order valence-electron chi connectivity index (χ3n) is 3.93. The number of carbonyl (C=O) groups excluding carboxylic acids is 3. The van der Waals surface area contributed by atoms with Gasteiger partial charge in [0.25, 0.3) is 5.91 Å². The third kappa shape index (κ3) is 2.46. The molecule has 118 valence electrons. The van der Waals surface area contributed by atoms with Crippen LogP contribution in [0.5, 0.6) is 5.75 Å². The molecule has 1 atom stereocenters. The van der Waals surface area contributed by atoms with Gasteiger partial charge in [-0.3, -0.25) is 14.4 Å². The molecule has 0 saturated carbocycles. The largest absolute Gasteiger partial charge is 0.505 e. The average Bonchev–Trinajstić information content (AvgIpc) is 2.90. The number of hydrogen-bond donors (Lipinski definition) is 3.